The van der Waals surface area contributed by atoms with Crippen LogP contribution < -0.4 is 5.32 Å². The molecule has 0 atom stereocenters. The van der Waals surface area contributed by atoms with E-state index < -0.39 is 0 Å². The van der Waals surface area contributed by atoms with Gasteiger partial charge in [-0.3, -0.25) is 9.59 Å². The maximum atomic E-state index is 13.0. The molecule has 0 saturated heterocycles. The minimum Gasteiger partial charge on any atom is -0.354 e. The molecule has 0 unspecified atom stereocenters. The van der Waals surface area contributed by atoms with Gasteiger partial charge in [0.15, 0.2) is 5.78 Å². The Balaban J connectivity index is 1.70. The highest BCUT2D eigenvalue weighted by Crippen LogP contribution is 2.18. The first kappa shape index (κ1) is 20.3. The molecule has 0 aliphatic carbocycles. The van der Waals surface area contributed by atoms with Crippen LogP contribution in [0.15, 0.2) is 72.9 Å². The second kappa shape index (κ2) is 9.15. The van der Waals surface area contributed by atoms with E-state index in [0.29, 0.717) is 17.8 Å². The van der Waals surface area contributed by atoms with E-state index in [1.165, 1.54) is 0 Å². The molecule has 0 radical (unpaired) electrons. The van der Waals surface area contributed by atoms with Crippen LogP contribution in [0.3, 0.4) is 0 Å². The Bertz CT molecular complexity index is 965. The van der Waals surface area contributed by atoms with Crippen LogP contribution in [0, 0.1) is 0 Å². The number of carbonyl (C=O) groups excluding carboxylic acids is 2. The van der Waals surface area contributed by atoms with E-state index in [1.54, 1.807) is 31.3 Å². The molecular formula is C24H25N3O2. The Labute approximate surface area is 171 Å². The first-order valence-electron chi connectivity index (χ1n) is 9.63. The lowest BCUT2D eigenvalue weighted by Gasteiger charge is -2.26. The molecule has 2 aromatic carbocycles. The van der Waals surface area contributed by atoms with Crippen molar-refractivity contribution in [3.8, 4) is 0 Å². The van der Waals surface area contributed by atoms with Gasteiger partial charge in [0, 0.05) is 23.8 Å². The van der Waals surface area contributed by atoms with E-state index in [1.807, 2.05) is 67.3 Å². The molecule has 3 rings (SSSR count). The van der Waals surface area contributed by atoms with Crippen molar-refractivity contribution in [2.75, 3.05) is 5.32 Å². The molecule has 148 valence electrons. The monoisotopic (exact) mass is 387 g/mol. The number of amides is 1. The SMILES string of the molecule is CC(=O)c1ccc(Nc2ccc(C(=O)N(Cc3ccccc3)C(C)C)nc2)cc1. The Morgan fingerprint density at radius 2 is 1.59 bits per heavy atom. The summed E-state index contributed by atoms with van der Waals surface area (Å²) in [4.78, 5) is 30.5. The third-order valence-electron chi connectivity index (χ3n) is 4.64. The Morgan fingerprint density at radius 1 is 0.931 bits per heavy atom. The van der Waals surface area contributed by atoms with Crippen molar-refractivity contribution in [1.82, 2.24) is 9.88 Å². The van der Waals surface area contributed by atoms with Gasteiger partial charge in [0.2, 0.25) is 0 Å². The highest BCUT2D eigenvalue weighted by molar-refractivity contribution is 5.94. The molecule has 0 saturated carbocycles. The van der Waals surface area contributed by atoms with Gasteiger partial charge < -0.3 is 10.2 Å². The van der Waals surface area contributed by atoms with E-state index in [-0.39, 0.29) is 17.7 Å². The normalized spacial score (nSPS) is 10.6. The van der Waals surface area contributed by atoms with Gasteiger partial charge in [-0.25, -0.2) is 4.98 Å². The number of aromatic nitrogens is 1. The lowest BCUT2D eigenvalue weighted by Crippen LogP contribution is -2.36. The van der Waals surface area contributed by atoms with Crippen LogP contribution in [-0.4, -0.2) is 27.6 Å². The van der Waals surface area contributed by atoms with E-state index in [0.717, 1.165) is 16.9 Å². The number of benzene rings is 2. The van der Waals surface area contributed by atoms with Crippen LogP contribution >= 0.6 is 0 Å². The molecule has 3 aromatic rings. The van der Waals surface area contributed by atoms with Crippen LogP contribution in [0.25, 0.3) is 0 Å². The second-order valence-electron chi connectivity index (χ2n) is 7.20. The summed E-state index contributed by atoms with van der Waals surface area (Å²) in [6.07, 6.45) is 1.65. The summed E-state index contributed by atoms with van der Waals surface area (Å²) in [5, 5.41) is 3.23. The number of nitrogens with zero attached hydrogens (tertiary/aromatic N) is 2. The van der Waals surface area contributed by atoms with Gasteiger partial charge >= 0.3 is 0 Å². The van der Waals surface area contributed by atoms with Gasteiger partial charge in [0.05, 0.1) is 11.9 Å². The summed E-state index contributed by atoms with van der Waals surface area (Å²) >= 11 is 0. The van der Waals surface area contributed by atoms with E-state index in [9.17, 15) is 9.59 Å². The number of anilines is 2. The van der Waals surface area contributed by atoms with Crippen LogP contribution in [0.2, 0.25) is 0 Å². The Morgan fingerprint density at radius 3 is 2.14 bits per heavy atom. The summed E-state index contributed by atoms with van der Waals surface area (Å²) in [5.74, 6) is -0.0625. The molecule has 0 fully saturated rings. The number of hydrogen-bond acceptors (Lipinski definition) is 4. The Kier molecular flexibility index (Phi) is 6.39. The predicted molar refractivity (Wildman–Crippen MR) is 115 cm³/mol. The van der Waals surface area contributed by atoms with Crippen LogP contribution in [0.5, 0.6) is 0 Å². The number of nitrogens with one attached hydrogen (secondary N) is 1. The highest BCUT2D eigenvalue weighted by atomic mass is 16.2. The lowest BCUT2D eigenvalue weighted by atomic mass is 10.1. The fraction of sp³-hybridized carbons (Fsp3) is 0.208. The summed E-state index contributed by atoms with van der Waals surface area (Å²) in [5.41, 5.74) is 3.79. The molecular weight excluding hydrogens is 362 g/mol. The minimum atomic E-state index is -0.0961. The molecule has 0 bridgehead atoms. The van der Waals surface area contributed by atoms with Gasteiger partial charge in [-0.15, -0.1) is 0 Å². The predicted octanol–water partition coefficient (Wildman–Crippen LogP) is 5.08. The van der Waals surface area contributed by atoms with Crippen LogP contribution in [0.1, 0.15) is 47.2 Å². The van der Waals surface area contributed by atoms with Crippen molar-refractivity contribution in [1.29, 1.82) is 0 Å². The van der Waals surface area contributed by atoms with Crippen molar-refractivity contribution in [2.24, 2.45) is 0 Å². The number of pyridine rings is 1. The summed E-state index contributed by atoms with van der Waals surface area (Å²) in [7, 11) is 0. The van der Waals surface area contributed by atoms with Gasteiger partial charge in [-0.05, 0) is 62.7 Å². The maximum Gasteiger partial charge on any atom is 0.272 e. The molecule has 1 heterocycles. The molecule has 0 spiro atoms. The zero-order chi connectivity index (χ0) is 20.8. The van der Waals surface area contributed by atoms with Gasteiger partial charge in [-0.1, -0.05) is 30.3 Å². The largest absolute Gasteiger partial charge is 0.354 e. The molecule has 29 heavy (non-hydrogen) atoms. The first-order chi connectivity index (χ1) is 13.9. The molecule has 5 heteroatoms. The third kappa shape index (κ3) is 5.29. The van der Waals surface area contributed by atoms with Gasteiger partial charge in [-0.2, -0.15) is 0 Å². The lowest BCUT2D eigenvalue weighted by molar-refractivity contribution is 0.0684. The maximum absolute atomic E-state index is 13.0. The number of Topliss-reactive ketones (excluding diaryl/α,β-unsaturated/α-hetero) is 1. The van der Waals surface area contributed by atoms with Gasteiger partial charge in [0.1, 0.15) is 5.69 Å². The fourth-order valence-electron chi connectivity index (χ4n) is 2.97. The minimum absolute atomic E-state index is 0.0336. The number of carbonyl (C=O) groups is 2. The number of hydrogen-bond donors (Lipinski definition) is 1. The molecule has 0 aliphatic heterocycles. The zero-order valence-electron chi connectivity index (χ0n) is 16.9. The van der Waals surface area contributed by atoms with Crippen LogP contribution in [-0.2, 0) is 6.54 Å². The molecule has 1 amide bonds. The number of ketones is 1. The summed E-state index contributed by atoms with van der Waals surface area (Å²) in [6, 6.07) is 20.8. The fourth-order valence-corrected chi connectivity index (χ4v) is 2.97. The van der Waals surface area contributed by atoms with Gasteiger partial charge in [0.25, 0.3) is 5.91 Å². The number of rotatable bonds is 7. The molecule has 0 aliphatic rings. The van der Waals surface area contributed by atoms with Crippen molar-refractivity contribution in [3.63, 3.8) is 0 Å². The Hall–Kier alpha value is -3.47. The smallest absolute Gasteiger partial charge is 0.272 e. The van der Waals surface area contributed by atoms with Crippen molar-refractivity contribution < 1.29 is 9.59 Å². The quantitative estimate of drug-likeness (QED) is 0.574. The average Bonchev–Trinajstić information content (AvgIpc) is 2.73. The molecule has 1 aromatic heterocycles. The van der Waals surface area contributed by atoms with E-state index >= 15 is 0 Å². The highest BCUT2D eigenvalue weighted by Gasteiger charge is 2.20. The molecule has 1 N–H and O–H groups in total. The molecule has 5 nitrogen and oxygen atoms in total. The van der Waals surface area contributed by atoms with E-state index in [4.69, 9.17) is 0 Å². The topological polar surface area (TPSA) is 62.3 Å². The second-order valence-corrected chi connectivity index (χ2v) is 7.20. The summed E-state index contributed by atoms with van der Waals surface area (Å²) in [6.45, 7) is 6.09. The van der Waals surface area contributed by atoms with E-state index in [2.05, 4.69) is 10.3 Å². The van der Waals surface area contributed by atoms with Crippen LogP contribution in [0.4, 0.5) is 11.4 Å². The average molecular weight is 387 g/mol. The van der Waals surface area contributed by atoms with Crippen molar-refractivity contribution >= 4 is 23.1 Å². The summed E-state index contributed by atoms with van der Waals surface area (Å²) < 4.78 is 0. The first-order valence-corrected chi connectivity index (χ1v) is 9.63. The van der Waals surface area contributed by atoms with Crippen molar-refractivity contribution in [2.45, 2.75) is 33.4 Å². The standard InChI is InChI=1S/C24H25N3O2/c1-17(2)27(16-19-7-5-4-6-8-19)24(29)23-14-13-22(15-25-23)26-21-11-9-20(10-12-21)18(3)28/h4-15,17,26H,16H2,1-3H3. The third-order valence-corrected chi connectivity index (χ3v) is 4.64. The zero-order valence-corrected chi connectivity index (χ0v) is 16.9. The van der Waals surface area contributed by atoms with Crippen molar-refractivity contribution in [3.05, 3.63) is 89.7 Å².